The van der Waals surface area contributed by atoms with Crippen molar-refractivity contribution in [1.82, 2.24) is 5.32 Å². The summed E-state index contributed by atoms with van der Waals surface area (Å²) in [4.78, 5) is 23.1. The number of nitrogens with one attached hydrogen (secondary N) is 3. The summed E-state index contributed by atoms with van der Waals surface area (Å²) >= 11 is 0. The van der Waals surface area contributed by atoms with Gasteiger partial charge in [-0.15, -0.1) is 0 Å². The predicted molar refractivity (Wildman–Crippen MR) is 68.8 cm³/mol. The largest absolute Gasteiger partial charge is 0.326 e. The zero-order chi connectivity index (χ0) is 14.3. The zero-order valence-electron chi connectivity index (χ0n) is 10.5. The quantitative estimate of drug-likeness (QED) is 0.760. The third-order valence-electron chi connectivity index (χ3n) is 3.42. The van der Waals surface area contributed by atoms with Crippen molar-refractivity contribution in [3.63, 3.8) is 0 Å². The average molecular weight is 281 g/mol. The Bertz CT molecular complexity index is 589. The van der Waals surface area contributed by atoms with E-state index < -0.39 is 30.8 Å². The first-order valence-electron chi connectivity index (χ1n) is 6.28. The maximum atomic E-state index is 13.0. The van der Waals surface area contributed by atoms with Gasteiger partial charge in [-0.1, -0.05) is 0 Å². The Labute approximate surface area is 113 Å². The highest BCUT2D eigenvalue weighted by molar-refractivity contribution is 6.01. The van der Waals surface area contributed by atoms with Crippen molar-refractivity contribution < 1.29 is 18.4 Å². The molecule has 7 heteroatoms. The number of hydrogen-bond donors (Lipinski definition) is 3. The number of hydrogen-bond acceptors (Lipinski definition) is 3. The van der Waals surface area contributed by atoms with Gasteiger partial charge in [0.2, 0.25) is 11.8 Å². The molecule has 106 valence electrons. The van der Waals surface area contributed by atoms with Gasteiger partial charge in [0, 0.05) is 17.8 Å². The lowest BCUT2D eigenvalue weighted by molar-refractivity contribution is -0.118. The number of carbonyl (C=O) groups is 2. The normalized spacial score (nSPS) is 23.3. The second kappa shape index (κ2) is 4.52. The number of benzene rings is 1. The molecule has 1 aromatic rings. The molecule has 2 heterocycles. The predicted octanol–water partition coefficient (Wildman–Crippen LogP) is 1.12. The Morgan fingerprint density at radius 1 is 1.40 bits per heavy atom. The van der Waals surface area contributed by atoms with Crippen molar-refractivity contribution >= 4 is 23.2 Å². The number of amides is 2. The van der Waals surface area contributed by atoms with Crippen LogP contribution in [0.3, 0.4) is 0 Å². The van der Waals surface area contributed by atoms with E-state index in [1.54, 1.807) is 18.2 Å². The van der Waals surface area contributed by atoms with Gasteiger partial charge in [-0.3, -0.25) is 14.9 Å². The summed E-state index contributed by atoms with van der Waals surface area (Å²) in [7, 11) is 0. The van der Waals surface area contributed by atoms with Crippen molar-refractivity contribution in [2.24, 2.45) is 0 Å². The highest BCUT2D eigenvalue weighted by Crippen LogP contribution is 2.28. The smallest absolute Gasteiger partial charge is 0.262 e. The first-order valence-corrected chi connectivity index (χ1v) is 6.28. The highest BCUT2D eigenvalue weighted by atomic mass is 19.3. The van der Waals surface area contributed by atoms with Crippen molar-refractivity contribution in [2.45, 2.75) is 24.8 Å². The van der Waals surface area contributed by atoms with E-state index in [0.717, 1.165) is 11.3 Å². The molecule has 0 radical (unpaired) electrons. The molecule has 0 bridgehead atoms. The van der Waals surface area contributed by atoms with Gasteiger partial charge in [0.1, 0.15) is 0 Å². The summed E-state index contributed by atoms with van der Waals surface area (Å²) in [5, 5.41) is 7.77. The van der Waals surface area contributed by atoms with Gasteiger partial charge in [-0.25, -0.2) is 8.78 Å². The Balaban J connectivity index is 1.68. The Hall–Kier alpha value is -2.02. The van der Waals surface area contributed by atoms with Crippen LogP contribution in [-0.4, -0.2) is 30.3 Å². The van der Waals surface area contributed by atoms with E-state index in [1.807, 2.05) is 0 Å². The second-order valence-corrected chi connectivity index (χ2v) is 5.08. The first-order chi connectivity index (χ1) is 9.43. The van der Waals surface area contributed by atoms with Crippen molar-refractivity contribution in [3.8, 4) is 0 Å². The molecule has 1 aromatic carbocycles. The van der Waals surface area contributed by atoms with Crippen LogP contribution in [0.15, 0.2) is 18.2 Å². The van der Waals surface area contributed by atoms with Crippen molar-refractivity contribution in [3.05, 3.63) is 23.8 Å². The number of alkyl halides is 2. The molecular weight excluding hydrogens is 268 g/mol. The second-order valence-electron chi connectivity index (χ2n) is 5.08. The number of halogens is 2. The van der Waals surface area contributed by atoms with Crippen LogP contribution < -0.4 is 16.0 Å². The molecule has 20 heavy (non-hydrogen) atoms. The highest BCUT2D eigenvalue weighted by Gasteiger charge is 2.42. The minimum absolute atomic E-state index is 0.0967. The van der Waals surface area contributed by atoms with Crippen LogP contribution in [0.5, 0.6) is 0 Å². The summed E-state index contributed by atoms with van der Waals surface area (Å²) in [6.45, 7) is -0.478. The summed E-state index contributed by atoms with van der Waals surface area (Å²) in [5.41, 5.74) is 2.01. The van der Waals surface area contributed by atoms with Crippen molar-refractivity contribution in [1.29, 1.82) is 0 Å². The van der Waals surface area contributed by atoms with Gasteiger partial charge in [0.25, 0.3) is 5.92 Å². The number of anilines is 2. The summed E-state index contributed by atoms with van der Waals surface area (Å²) in [6, 6.07) is 4.11. The van der Waals surface area contributed by atoms with Crippen LogP contribution in [0, 0.1) is 0 Å². The summed E-state index contributed by atoms with van der Waals surface area (Å²) in [6.07, 6.45) is -0.234. The van der Waals surface area contributed by atoms with E-state index in [1.165, 1.54) is 0 Å². The van der Waals surface area contributed by atoms with Gasteiger partial charge in [-0.05, 0) is 23.8 Å². The SMILES string of the molecule is O=C1Cc2cc(NC(=O)C3CC(F)(F)CN3)ccc2N1. The molecule has 2 amide bonds. The molecule has 5 nitrogen and oxygen atoms in total. The Morgan fingerprint density at radius 2 is 2.20 bits per heavy atom. The lowest BCUT2D eigenvalue weighted by atomic mass is 10.1. The van der Waals surface area contributed by atoms with Crippen LogP contribution in [0.2, 0.25) is 0 Å². The molecule has 2 aliphatic rings. The molecule has 3 rings (SSSR count). The lowest BCUT2D eigenvalue weighted by Gasteiger charge is -2.12. The Kier molecular flexibility index (Phi) is 2.93. The van der Waals surface area contributed by atoms with Gasteiger partial charge in [0.05, 0.1) is 19.0 Å². The van der Waals surface area contributed by atoms with Crippen LogP contribution in [0.4, 0.5) is 20.2 Å². The van der Waals surface area contributed by atoms with E-state index in [0.29, 0.717) is 5.69 Å². The molecule has 3 N–H and O–H groups in total. The van der Waals surface area contributed by atoms with Gasteiger partial charge >= 0.3 is 0 Å². The number of fused-ring (bicyclic) bond motifs is 1. The maximum absolute atomic E-state index is 13.0. The van der Waals surface area contributed by atoms with Crippen molar-refractivity contribution in [2.75, 3.05) is 17.2 Å². The number of rotatable bonds is 2. The van der Waals surface area contributed by atoms with E-state index in [-0.39, 0.29) is 12.3 Å². The van der Waals surface area contributed by atoms with Gasteiger partial charge in [-0.2, -0.15) is 0 Å². The third-order valence-corrected chi connectivity index (χ3v) is 3.42. The van der Waals surface area contributed by atoms with Crippen LogP contribution >= 0.6 is 0 Å². The summed E-state index contributed by atoms with van der Waals surface area (Å²) < 4.78 is 26.1. The molecule has 0 saturated carbocycles. The standard InChI is InChI=1S/C13H13F2N3O2/c14-13(15)5-10(16-6-13)12(20)17-8-1-2-9-7(3-8)4-11(19)18-9/h1-3,10,16H,4-6H2,(H,17,20)(H,18,19). The van der Waals surface area contributed by atoms with Crippen LogP contribution in [0.25, 0.3) is 0 Å². The minimum Gasteiger partial charge on any atom is -0.326 e. The van der Waals surface area contributed by atoms with Gasteiger partial charge < -0.3 is 10.6 Å². The summed E-state index contributed by atoms with van der Waals surface area (Å²) in [5.74, 6) is -3.42. The topological polar surface area (TPSA) is 70.2 Å². The number of carbonyl (C=O) groups excluding carboxylic acids is 2. The van der Waals surface area contributed by atoms with E-state index >= 15 is 0 Å². The molecule has 1 atom stereocenters. The molecule has 2 aliphatic heterocycles. The fourth-order valence-corrected chi connectivity index (χ4v) is 2.44. The third kappa shape index (κ3) is 2.49. The monoisotopic (exact) mass is 281 g/mol. The molecule has 0 aromatic heterocycles. The van der Waals surface area contributed by atoms with E-state index in [9.17, 15) is 18.4 Å². The fourth-order valence-electron chi connectivity index (χ4n) is 2.44. The maximum Gasteiger partial charge on any atom is 0.262 e. The Morgan fingerprint density at radius 3 is 2.90 bits per heavy atom. The average Bonchev–Trinajstić information content (AvgIpc) is 2.90. The van der Waals surface area contributed by atoms with Gasteiger partial charge in [0.15, 0.2) is 0 Å². The lowest BCUT2D eigenvalue weighted by Crippen LogP contribution is -2.35. The zero-order valence-corrected chi connectivity index (χ0v) is 10.5. The van der Waals surface area contributed by atoms with Crippen LogP contribution in [-0.2, 0) is 16.0 Å². The van der Waals surface area contributed by atoms with E-state index in [4.69, 9.17) is 0 Å². The first kappa shape index (κ1) is 13.0. The molecule has 1 fully saturated rings. The molecule has 0 aliphatic carbocycles. The van der Waals surface area contributed by atoms with Crippen LogP contribution in [0.1, 0.15) is 12.0 Å². The fraction of sp³-hybridized carbons (Fsp3) is 0.385. The molecule has 1 saturated heterocycles. The molecular formula is C13H13F2N3O2. The minimum atomic E-state index is -2.84. The molecule has 0 spiro atoms. The van der Waals surface area contributed by atoms with E-state index in [2.05, 4.69) is 16.0 Å². The molecule has 1 unspecified atom stereocenters.